The summed E-state index contributed by atoms with van der Waals surface area (Å²) in [5.74, 6) is 1.34. The maximum Gasteiger partial charge on any atom is 0.166 e. The first kappa shape index (κ1) is 36.7. The Morgan fingerprint density at radius 1 is 0.521 bits per heavy atom. The van der Waals surface area contributed by atoms with Gasteiger partial charge in [-0.25, -0.2) is 13.2 Å². The predicted octanol–water partition coefficient (Wildman–Crippen LogP) is 14.8. The van der Waals surface area contributed by atoms with E-state index in [4.69, 9.17) is 0 Å². The minimum Gasteiger partial charge on any atom is -0.207 e. The lowest BCUT2D eigenvalue weighted by Crippen LogP contribution is -2.25. The van der Waals surface area contributed by atoms with Gasteiger partial charge in [-0.15, -0.1) is 0 Å². The molecular formula is C45H61F3. The Hall–Kier alpha value is -2.55. The van der Waals surface area contributed by atoms with Crippen LogP contribution in [0.5, 0.6) is 0 Å². The molecule has 48 heavy (non-hydrogen) atoms. The van der Waals surface area contributed by atoms with Gasteiger partial charge in [0, 0.05) is 5.56 Å². The third-order valence-corrected chi connectivity index (χ3v) is 12.0. The summed E-state index contributed by atoms with van der Waals surface area (Å²) in [7, 11) is 0. The van der Waals surface area contributed by atoms with Gasteiger partial charge < -0.3 is 0 Å². The molecule has 3 aromatic rings. The van der Waals surface area contributed by atoms with Crippen molar-refractivity contribution in [3.8, 4) is 22.3 Å². The largest absolute Gasteiger partial charge is 0.207 e. The highest BCUT2D eigenvalue weighted by Crippen LogP contribution is 2.45. The van der Waals surface area contributed by atoms with Crippen LogP contribution in [-0.2, 0) is 6.42 Å². The van der Waals surface area contributed by atoms with Crippen LogP contribution in [-0.4, -0.2) is 0 Å². The summed E-state index contributed by atoms with van der Waals surface area (Å²) in [6.45, 7) is 4.48. The number of aryl methyl sites for hydroxylation is 1. The molecule has 3 aromatic carbocycles. The van der Waals surface area contributed by atoms with E-state index in [1.807, 2.05) is 36.4 Å². The van der Waals surface area contributed by atoms with E-state index in [9.17, 15) is 4.39 Å². The Morgan fingerprint density at radius 2 is 1.08 bits per heavy atom. The molecule has 0 atom stereocenters. The standard InChI is InChI=1S/C45H61F3/c1-3-5-7-9-11-13-15-39-28-31-42(45(48)44(39)47)38-26-22-36(23-27-38)40-29-30-41(43(46)32-40)37-24-20-35(21-25-37)34-18-16-33(17-19-34)14-12-10-8-6-4-2/h22-23,26-35,37H,3-21,24-25H2,1-2H3. The summed E-state index contributed by atoms with van der Waals surface area (Å²) in [6, 6.07) is 16.5. The lowest BCUT2D eigenvalue weighted by Gasteiger charge is -2.38. The molecule has 2 fully saturated rings. The first-order chi connectivity index (χ1) is 23.5. The lowest BCUT2D eigenvalue weighted by molar-refractivity contribution is 0.155. The number of halogens is 3. The monoisotopic (exact) mass is 658 g/mol. The number of rotatable bonds is 17. The molecule has 0 radical (unpaired) electrons. The second kappa shape index (κ2) is 19.0. The van der Waals surface area contributed by atoms with Crippen molar-refractivity contribution in [2.45, 2.75) is 155 Å². The van der Waals surface area contributed by atoms with Crippen LogP contribution < -0.4 is 0 Å². The number of hydrogen-bond acceptors (Lipinski definition) is 0. The van der Waals surface area contributed by atoms with E-state index in [1.54, 1.807) is 18.2 Å². The molecule has 0 bridgehead atoms. The zero-order valence-electron chi connectivity index (χ0n) is 30.0. The van der Waals surface area contributed by atoms with Gasteiger partial charge in [0.1, 0.15) is 5.82 Å². The molecule has 0 aromatic heterocycles. The lowest BCUT2D eigenvalue weighted by atomic mass is 9.68. The Kier molecular flexibility index (Phi) is 14.5. The molecule has 2 aliphatic carbocycles. The van der Waals surface area contributed by atoms with Crippen LogP contribution in [0.2, 0.25) is 0 Å². The molecule has 0 aliphatic heterocycles. The van der Waals surface area contributed by atoms with Crippen molar-refractivity contribution in [1.82, 2.24) is 0 Å². The molecule has 0 spiro atoms. The fourth-order valence-corrected chi connectivity index (χ4v) is 8.87. The number of unbranched alkanes of at least 4 members (excludes halogenated alkanes) is 9. The third-order valence-electron chi connectivity index (χ3n) is 12.0. The van der Waals surface area contributed by atoms with Gasteiger partial charge in [-0.2, -0.15) is 0 Å². The van der Waals surface area contributed by atoms with Crippen molar-refractivity contribution in [1.29, 1.82) is 0 Å². The first-order valence-electron chi connectivity index (χ1n) is 19.9. The van der Waals surface area contributed by atoms with Gasteiger partial charge in [0.2, 0.25) is 0 Å². The van der Waals surface area contributed by atoms with Crippen LogP contribution in [0.1, 0.15) is 159 Å². The minimum absolute atomic E-state index is 0.117. The summed E-state index contributed by atoms with van der Waals surface area (Å²) < 4.78 is 45.6. The molecule has 5 rings (SSSR count). The molecule has 2 saturated carbocycles. The van der Waals surface area contributed by atoms with Gasteiger partial charge in [-0.1, -0.05) is 146 Å². The van der Waals surface area contributed by atoms with Gasteiger partial charge in [-0.05, 0) is 109 Å². The average molecular weight is 659 g/mol. The molecule has 0 saturated heterocycles. The molecule has 0 nitrogen and oxygen atoms in total. The SMILES string of the molecule is CCCCCCCCc1ccc(-c2ccc(-c3ccc(C4CCC(C5CCC(CCCCCCC)CC5)CC4)c(F)c3)cc2)c(F)c1F. The van der Waals surface area contributed by atoms with Crippen LogP contribution in [0.25, 0.3) is 22.3 Å². The summed E-state index contributed by atoms with van der Waals surface area (Å²) in [6.07, 6.45) is 26.0. The minimum atomic E-state index is -0.780. The molecule has 0 heterocycles. The molecule has 262 valence electrons. The van der Waals surface area contributed by atoms with Crippen LogP contribution in [0, 0.1) is 35.2 Å². The topological polar surface area (TPSA) is 0 Å². The third kappa shape index (κ3) is 10.0. The van der Waals surface area contributed by atoms with Crippen LogP contribution in [0.3, 0.4) is 0 Å². The molecule has 0 unspecified atom stereocenters. The second-order valence-corrected chi connectivity index (χ2v) is 15.3. The number of benzene rings is 3. The highest BCUT2D eigenvalue weighted by molar-refractivity contribution is 5.71. The van der Waals surface area contributed by atoms with Crippen molar-refractivity contribution in [3.63, 3.8) is 0 Å². The molecule has 0 amide bonds. The van der Waals surface area contributed by atoms with Gasteiger partial charge in [0.05, 0.1) is 0 Å². The Labute approximate surface area is 290 Å². The highest BCUT2D eigenvalue weighted by Gasteiger charge is 2.32. The molecule has 2 aliphatic rings. The maximum absolute atomic E-state index is 15.5. The van der Waals surface area contributed by atoms with E-state index in [1.165, 1.54) is 96.3 Å². The fraction of sp³-hybridized carbons (Fsp3) is 0.600. The van der Waals surface area contributed by atoms with Crippen molar-refractivity contribution < 1.29 is 13.2 Å². The quantitative estimate of drug-likeness (QED) is 0.127. The van der Waals surface area contributed by atoms with Crippen molar-refractivity contribution >= 4 is 0 Å². The normalized spacial score (nSPS) is 21.4. The van der Waals surface area contributed by atoms with Gasteiger partial charge in [0.15, 0.2) is 11.6 Å². The Morgan fingerprint density at radius 3 is 1.73 bits per heavy atom. The van der Waals surface area contributed by atoms with E-state index < -0.39 is 11.6 Å². The first-order valence-corrected chi connectivity index (χ1v) is 19.9. The van der Waals surface area contributed by atoms with E-state index in [-0.39, 0.29) is 11.4 Å². The fourth-order valence-electron chi connectivity index (χ4n) is 8.87. The summed E-state index contributed by atoms with van der Waals surface area (Å²) in [4.78, 5) is 0. The zero-order chi connectivity index (χ0) is 33.7. The van der Waals surface area contributed by atoms with Crippen LogP contribution in [0.4, 0.5) is 13.2 Å². The molecule has 0 N–H and O–H groups in total. The zero-order valence-corrected chi connectivity index (χ0v) is 30.0. The van der Waals surface area contributed by atoms with E-state index in [0.717, 1.165) is 66.5 Å². The van der Waals surface area contributed by atoms with Crippen LogP contribution in [0.15, 0.2) is 54.6 Å². The van der Waals surface area contributed by atoms with E-state index in [2.05, 4.69) is 13.8 Å². The van der Waals surface area contributed by atoms with Crippen LogP contribution >= 0.6 is 0 Å². The smallest absolute Gasteiger partial charge is 0.166 e. The van der Waals surface area contributed by atoms with E-state index in [0.29, 0.717) is 23.5 Å². The van der Waals surface area contributed by atoms with Gasteiger partial charge >= 0.3 is 0 Å². The summed E-state index contributed by atoms with van der Waals surface area (Å²) in [5.41, 5.74) is 3.92. The highest BCUT2D eigenvalue weighted by atomic mass is 19.2. The van der Waals surface area contributed by atoms with Crippen molar-refractivity contribution in [2.24, 2.45) is 17.8 Å². The van der Waals surface area contributed by atoms with Crippen molar-refractivity contribution in [3.05, 3.63) is 83.2 Å². The number of hydrogen-bond donors (Lipinski definition) is 0. The predicted molar refractivity (Wildman–Crippen MR) is 198 cm³/mol. The maximum atomic E-state index is 15.5. The van der Waals surface area contributed by atoms with E-state index >= 15 is 8.78 Å². The summed E-state index contributed by atoms with van der Waals surface area (Å²) in [5, 5.41) is 0. The molecule has 3 heteroatoms. The second-order valence-electron chi connectivity index (χ2n) is 15.3. The van der Waals surface area contributed by atoms with Gasteiger partial charge in [0.25, 0.3) is 0 Å². The Balaban J connectivity index is 1.10. The van der Waals surface area contributed by atoms with Gasteiger partial charge in [-0.3, -0.25) is 0 Å². The molecular weight excluding hydrogens is 597 g/mol. The Bertz CT molecular complexity index is 1380. The van der Waals surface area contributed by atoms with Crippen molar-refractivity contribution in [2.75, 3.05) is 0 Å². The summed E-state index contributed by atoms with van der Waals surface area (Å²) >= 11 is 0. The average Bonchev–Trinajstić information content (AvgIpc) is 3.12.